The normalized spacial score (nSPS) is 18.4. The van der Waals surface area contributed by atoms with Crippen LogP contribution in [0.2, 0.25) is 5.02 Å². The lowest BCUT2D eigenvalue weighted by molar-refractivity contribution is -0.151. The van der Waals surface area contributed by atoms with Gasteiger partial charge in [-0.1, -0.05) is 30.9 Å². The Morgan fingerprint density at radius 1 is 1.12 bits per heavy atom. The first-order valence-corrected chi connectivity index (χ1v) is 13.4. The van der Waals surface area contributed by atoms with Crippen LogP contribution >= 0.6 is 11.6 Å². The number of esters is 1. The van der Waals surface area contributed by atoms with Crippen molar-refractivity contribution in [3.05, 3.63) is 23.2 Å². The average Bonchev–Trinajstić information content (AvgIpc) is 2.83. The number of halogens is 1. The Morgan fingerprint density at radius 3 is 2.36 bits per heavy atom. The monoisotopic (exact) mass is 500 g/mol. The zero-order valence-electron chi connectivity index (χ0n) is 19.3. The molecule has 1 aromatic carbocycles. The van der Waals surface area contributed by atoms with Crippen molar-refractivity contribution in [2.45, 2.75) is 62.8 Å². The predicted molar refractivity (Wildman–Crippen MR) is 125 cm³/mol. The fourth-order valence-electron chi connectivity index (χ4n) is 4.58. The third-order valence-electron chi connectivity index (χ3n) is 6.47. The molecule has 0 unspecified atom stereocenters. The Balaban J connectivity index is 1.77. The van der Waals surface area contributed by atoms with E-state index in [4.69, 9.17) is 21.1 Å². The molecule has 2 aliphatic rings. The molecule has 8 nitrogen and oxygen atoms in total. The van der Waals surface area contributed by atoms with E-state index in [2.05, 4.69) is 0 Å². The second kappa shape index (κ2) is 11.5. The van der Waals surface area contributed by atoms with Gasteiger partial charge in [-0.3, -0.25) is 9.59 Å². The highest BCUT2D eigenvalue weighted by molar-refractivity contribution is 7.89. The van der Waals surface area contributed by atoms with Crippen molar-refractivity contribution in [1.29, 1.82) is 0 Å². The number of hydrogen-bond acceptors (Lipinski definition) is 6. The fraction of sp³-hybridized carbons (Fsp3) is 0.652. The summed E-state index contributed by atoms with van der Waals surface area (Å²) in [5, 5.41) is 0.203. The summed E-state index contributed by atoms with van der Waals surface area (Å²) in [5.74, 6) is -0.299. The van der Waals surface area contributed by atoms with E-state index in [0.29, 0.717) is 38.3 Å². The number of carbonyl (C=O) groups is 2. The van der Waals surface area contributed by atoms with Crippen LogP contribution in [0.15, 0.2) is 23.1 Å². The summed E-state index contributed by atoms with van der Waals surface area (Å²) in [6, 6.07) is 4.13. The number of nitrogens with zero attached hydrogens (tertiary/aromatic N) is 2. The molecule has 33 heavy (non-hydrogen) atoms. The van der Waals surface area contributed by atoms with E-state index in [9.17, 15) is 18.0 Å². The van der Waals surface area contributed by atoms with E-state index in [0.717, 1.165) is 32.1 Å². The van der Waals surface area contributed by atoms with Gasteiger partial charge in [0.1, 0.15) is 5.75 Å². The highest BCUT2D eigenvalue weighted by atomic mass is 35.5. The van der Waals surface area contributed by atoms with E-state index in [-0.39, 0.29) is 40.3 Å². The van der Waals surface area contributed by atoms with E-state index < -0.39 is 10.0 Å². The molecule has 1 aromatic rings. The smallest absolute Gasteiger partial charge is 0.309 e. The van der Waals surface area contributed by atoms with Crippen LogP contribution in [0.1, 0.15) is 51.9 Å². The molecule has 3 rings (SSSR count). The Kier molecular flexibility index (Phi) is 9.01. The lowest BCUT2D eigenvalue weighted by Gasteiger charge is -2.36. The van der Waals surface area contributed by atoms with Crippen LogP contribution < -0.4 is 4.74 Å². The van der Waals surface area contributed by atoms with Crippen molar-refractivity contribution in [3.63, 3.8) is 0 Å². The molecule has 1 saturated carbocycles. The first-order valence-electron chi connectivity index (χ1n) is 11.6. The van der Waals surface area contributed by atoms with Crippen LogP contribution in [-0.4, -0.2) is 68.9 Å². The summed E-state index contributed by atoms with van der Waals surface area (Å²) >= 11 is 6.19. The maximum Gasteiger partial charge on any atom is 0.309 e. The molecular formula is C23H33ClN2O6S. The molecule has 184 valence electrons. The lowest BCUT2D eigenvalue weighted by atomic mass is 9.95. The van der Waals surface area contributed by atoms with Crippen molar-refractivity contribution in [2.75, 3.05) is 33.4 Å². The maximum absolute atomic E-state index is 13.6. The first kappa shape index (κ1) is 25.8. The molecule has 0 radical (unpaired) electrons. The SMILES string of the molecule is CCOC(=O)C1CCN(C(=O)CN(C2CCCCC2)S(=O)(=O)c2ccc(OC)c(Cl)c2)CC1. The van der Waals surface area contributed by atoms with Gasteiger partial charge in [-0.25, -0.2) is 8.42 Å². The van der Waals surface area contributed by atoms with Crippen LogP contribution in [0, 0.1) is 5.92 Å². The summed E-state index contributed by atoms with van der Waals surface area (Å²) in [5.41, 5.74) is 0. The molecule has 0 N–H and O–H groups in total. The van der Waals surface area contributed by atoms with Crippen molar-refractivity contribution in [3.8, 4) is 5.75 Å². The topological polar surface area (TPSA) is 93.2 Å². The Bertz CT molecular complexity index is 940. The third kappa shape index (κ3) is 6.19. The lowest BCUT2D eigenvalue weighted by Crippen LogP contribution is -2.50. The summed E-state index contributed by atoms with van der Waals surface area (Å²) in [6.07, 6.45) is 5.42. The summed E-state index contributed by atoms with van der Waals surface area (Å²) < 4.78 is 38.8. The van der Waals surface area contributed by atoms with Gasteiger partial charge in [-0.15, -0.1) is 0 Å². The number of ether oxygens (including phenoxy) is 2. The number of amides is 1. The van der Waals surface area contributed by atoms with Crippen LogP contribution in [0.3, 0.4) is 0 Å². The van der Waals surface area contributed by atoms with Crippen molar-refractivity contribution in [2.24, 2.45) is 5.92 Å². The average molecular weight is 501 g/mol. The van der Waals surface area contributed by atoms with E-state index >= 15 is 0 Å². The van der Waals surface area contributed by atoms with E-state index in [1.54, 1.807) is 11.8 Å². The summed E-state index contributed by atoms with van der Waals surface area (Å²) in [7, 11) is -2.48. The minimum atomic E-state index is -3.94. The minimum Gasteiger partial charge on any atom is -0.495 e. The van der Waals surface area contributed by atoms with Gasteiger partial charge in [0.15, 0.2) is 0 Å². The molecular weight excluding hydrogens is 468 g/mol. The second-order valence-electron chi connectivity index (χ2n) is 8.55. The molecule has 10 heteroatoms. The maximum atomic E-state index is 13.6. The van der Waals surface area contributed by atoms with Gasteiger partial charge < -0.3 is 14.4 Å². The summed E-state index contributed by atoms with van der Waals surface area (Å²) in [4.78, 5) is 26.8. The standard InChI is InChI=1S/C23H33ClN2O6S/c1-3-32-23(28)17-11-13-25(14-12-17)22(27)16-26(18-7-5-4-6-8-18)33(29,30)19-9-10-21(31-2)20(24)15-19/h9-10,15,17-18H,3-8,11-14,16H2,1-2H3. The van der Waals surface area contributed by atoms with Crippen LogP contribution in [0.5, 0.6) is 5.75 Å². The number of likely N-dealkylation sites (tertiary alicyclic amines) is 1. The second-order valence-corrected chi connectivity index (χ2v) is 10.8. The van der Waals surface area contributed by atoms with Crippen LogP contribution in [0.25, 0.3) is 0 Å². The van der Waals surface area contributed by atoms with Gasteiger partial charge in [0.25, 0.3) is 0 Å². The Labute approximate surface area is 201 Å². The number of rotatable bonds is 8. The van der Waals surface area contributed by atoms with Crippen LogP contribution in [0.4, 0.5) is 0 Å². The van der Waals surface area contributed by atoms with Gasteiger partial charge in [0.05, 0.1) is 36.1 Å². The van der Waals surface area contributed by atoms with Crippen molar-refractivity contribution >= 4 is 33.5 Å². The van der Waals surface area contributed by atoms with E-state index in [1.165, 1.54) is 29.6 Å². The molecule has 1 heterocycles. The minimum absolute atomic E-state index is 0.0488. The molecule has 0 atom stereocenters. The molecule has 1 saturated heterocycles. The van der Waals surface area contributed by atoms with Gasteiger partial charge in [0.2, 0.25) is 15.9 Å². The molecule has 1 aliphatic carbocycles. The largest absolute Gasteiger partial charge is 0.495 e. The zero-order chi connectivity index (χ0) is 24.0. The molecule has 1 amide bonds. The fourth-order valence-corrected chi connectivity index (χ4v) is 6.56. The Hall–Kier alpha value is -1.84. The third-order valence-corrected chi connectivity index (χ3v) is 8.66. The number of sulfonamides is 1. The van der Waals surface area contributed by atoms with Gasteiger partial charge in [-0.05, 0) is 50.8 Å². The number of carbonyl (C=O) groups excluding carboxylic acids is 2. The van der Waals surface area contributed by atoms with Crippen molar-refractivity contribution in [1.82, 2.24) is 9.21 Å². The van der Waals surface area contributed by atoms with Crippen molar-refractivity contribution < 1.29 is 27.5 Å². The number of methoxy groups -OCH3 is 1. The van der Waals surface area contributed by atoms with Crippen LogP contribution in [-0.2, 0) is 24.3 Å². The first-order chi connectivity index (χ1) is 15.8. The highest BCUT2D eigenvalue weighted by Crippen LogP contribution is 2.32. The Morgan fingerprint density at radius 2 is 1.79 bits per heavy atom. The molecule has 2 fully saturated rings. The summed E-state index contributed by atoms with van der Waals surface area (Å²) in [6.45, 7) is 2.71. The molecule has 1 aliphatic heterocycles. The molecule has 0 spiro atoms. The number of hydrogen-bond donors (Lipinski definition) is 0. The number of benzene rings is 1. The van der Waals surface area contributed by atoms with Gasteiger partial charge >= 0.3 is 5.97 Å². The van der Waals surface area contributed by atoms with Gasteiger partial charge in [-0.2, -0.15) is 4.31 Å². The molecule has 0 bridgehead atoms. The quantitative estimate of drug-likeness (QED) is 0.507. The number of piperidine rings is 1. The predicted octanol–water partition coefficient (Wildman–Crippen LogP) is 3.47. The van der Waals surface area contributed by atoms with E-state index in [1.807, 2.05) is 0 Å². The highest BCUT2D eigenvalue weighted by Gasteiger charge is 2.36. The van der Waals surface area contributed by atoms with Gasteiger partial charge in [0, 0.05) is 19.1 Å². The zero-order valence-corrected chi connectivity index (χ0v) is 20.9. The molecule has 0 aromatic heterocycles.